The van der Waals surface area contributed by atoms with E-state index in [-0.39, 0.29) is 18.0 Å². The number of benzene rings is 1. The second-order valence-corrected chi connectivity index (χ2v) is 8.01. The highest BCUT2D eigenvalue weighted by Crippen LogP contribution is 2.38. The smallest absolute Gasteiger partial charge is 0.312 e. The molecule has 0 aromatic heterocycles. The van der Waals surface area contributed by atoms with Crippen LogP contribution in [0.25, 0.3) is 0 Å². The molecule has 3 amide bonds. The maximum atomic E-state index is 13.0. The van der Waals surface area contributed by atoms with Gasteiger partial charge < -0.3 is 4.90 Å². The third kappa shape index (κ3) is 2.40. The fourth-order valence-electron chi connectivity index (χ4n) is 4.86. The van der Waals surface area contributed by atoms with Crippen LogP contribution in [-0.4, -0.2) is 64.4 Å². The van der Waals surface area contributed by atoms with E-state index in [0.717, 1.165) is 38.8 Å². The molecule has 1 spiro atoms. The Kier molecular flexibility index (Phi) is 3.87. The van der Waals surface area contributed by atoms with Crippen LogP contribution in [0.1, 0.15) is 37.8 Å². The Morgan fingerprint density at radius 1 is 1.04 bits per heavy atom. The van der Waals surface area contributed by atoms with Gasteiger partial charge in [-0.1, -0.05) is 24.3 Å². The molecule has 5 nitrogen and oxygen atoms in total. The Balaban J connectivity index is 1.47. The van der Waals surface area contributed by atoms with Crippen LogP contribution in [0.5, 0.6) is 0 Å². The standard InChI is InChI=1S/C20H27N3O2/c1-14(2)23-18(24)20(21(3)19(23)25)8-10-22(11-9-20)17-12-15-6-4-5-7-16(15)13-17/h4-7,14,17H,8-13H2,1-3H3. The van der Waals surface area contributed by atoms with E-state index >= 15 is 0 Å². The van der Waals surface area contributed by atoms with Crippen LogP contribution in [0.2, 0.25) is 0 Å². The molecule has 2 heterocycles. The average Bonchev–Trinajstić information content (AvgIpc) is 3.11. The van der Waals surface area contributed by atoms with Crippen LogP contribution in [-0.2, 0) is 17.6 Å². The highest BCUT2D eigenvalue weighted by atomic mass is 16.2. The van der Waals surface area contributed by atoms with Crippen molar-refractivity contribution in [2.75, 3.05) is 20.1 Å². The third-order valence-corrected chi connectivity index (χ3v) is 6.44. The Morgan fingerprint density at radius 2 is 1.60 bits per heavy atom. The lowest BCUT2D eigenvalue weighted by Crippen LogP contribution is -2.57. The molecule has 0 bridgehead atoms. The summed E-state index contributed by atoms with van der Waals surface area (Å²) >= 11 is 0. The van der Waals surface area contributed by atoms with Gasteiger partial charge in [-0.3, -0.25) is 14.6 Å². The van der Waals surface area contributed by atoms with E-state index < -0.39 is 5.54 Å². The molecule has 2 saturated heterocycles. The topological polar surface area (TPSA) is 43.9 Å². The molecule has 5 heteroatoms. The highest BCUT2D eigenvalue weighted by molar-refractivity contribution is 6.07. The Morgan fingerprint density at radius 3 is 2.08 bits per heavy atom. The lowest BCUT2D eigenvalue weighted by Gasteiger charge is -2.43. The van der Waals surface area contributed by atoms with Gasteiger partial charge in [0.25, 0.3) is 5.91 Å². The average molecular weight is 341 g/mol. The zero-order chi connectivity index (χ0) is 17.8. The van der Waals surface area contributed by atoms with Gasteiger partial charge in [0.2, 0.25) is 0 Å². The Labute approximate surface area is 149 Å². The van der Waals surface area contributed by atoms with E-state index in [9.17, 15) is 9.59 Å². The normalized spacial score (nSPS) is 24.0. The first-order chi connectivity index (χ1) is 11.9. The van der Waals surface area contributed by atoms with Crippen molar-refractivity contribution >= 4 is 11.9 Å². The van der Waals surface area contributed by atoms with Gasteiger partial charge in [0.15, 0.2) is 0 Å². The van der Waals surface area contributed by atoms with Crippen LogP contribution in [0.4, 0.5) is 4.79 Å². The molecule has 3 aliphatic rings. The molecule has 2 aliphatic heterocycles. The van der Waals surface area contributed by atoms with E-state index in [0.29, 0.717) is 6.04 Å². The number of hydrogen-bond acceptors (Lipinski definition) is 3. The number of amides is 3. The zero-order valence-electron chi connectivity index (χ0n) is 15.4. The summed E-state index contributed by atoms with van der Waals surface area (Å²) in [6.07, 6.45) is 3.68. The predicted octanol–water partition coefficient (Wildman–Crippen LogP) is 2.29. The number of imide groups is 1. The molecule has 0 saturated carbocycles. The summed E-state index contributed by atoms with van der Waals surface area (Å²) in [6.45, 7) is 5.59. The second kappa shape index (κ2) is 5.84. The molecule has 2 fully saturated rings. The summed E-state index contributed by atoms with van der Waals surface area (Å²) in [6, 6.07) is 9.01. The molecular formula is C20H27N3O2. The zero-order valence-corrected chi connectivity index (χ0v) is 15.4. The van der Waals surface area contributed by atoms with E-state index in [1.54, 1.807) is 11.9 Å². The fraction of sp³-hybridized carbons (Fsp3) is 0.600. The van der Waals surface area contributed by atoms with Crippen molar-refractivity contribution in [2.45, 2.75) is 57.2 Å². The van der Waals surface area contributed by atoms with Gasteiger partial charge >= 0.3 is 6.03 Å². The minimum Gasteiger partial charge on any atom is -0.312 e. The SMILES string of the molecule is CC(C)N1C(=O)N(C)C2(CCN(C3Cc4ccccc4C3)CC2)C1=O. The molecule has 134 valence electrons. The molecule has 0 radical (unpaired) electrons. The predicted molar refractivity (Wildman–Crippen MR) is 96.3 cm³/mol. The van der Waals surface area contributed by atoms with Gasteiger partial charge in [-0.15, -0.1) is 0 Å². The summed E-state index contributed by atoms with van der Waals surface area (Å²) in [5.74, 6) is 0.00404. The monoisotopic (exact) mass is 341 g/mol. The summed E-state index contributed by atoms with van der Waals surface area (Å²) in [4.78, 5) is 31.2. The van der Waals surface area contributed by atoms with Crippen molar-refractivity contribution in [1.29, 1.82) is 0 Å². The van der Waals surface area contributed by atoms with Gasteiger partial charge in [0.05, 0.1) is 0 Å². The molecule has 1 aromatic carbocycles. The number of carbonyl (C=O) groups is 2. The molecule has 0 unspecified atom stereocenters. The lowest BCUT2D eigenvalue weighted by atomic mass is 9.85. The second-order valence-electron chi connectivity index (χ2n) is 8.01. The van der Waals surface area contributed by atoms with Crippen molar-refractivity contribution in [3.05, 3.63) is 35.4 Å². The number of rotatable bonds is 2. The molecule has 0 N–H and O–H groups in total. The minimum atomic E-state index is -0.622. The number of urea groups is 1. The molecule has 1 aliphatic carbocycles. The van der Waals surface area contributed by atoms with Gasteiger partial charge in [0, 0.05) is 32.2 Å². The van der Waals surface area contributed by atoms with E-state index in [2.05, 4.69) is 29.2 Å². The van der Waals surface area contributed by atoms with Crippen molar-refractivity contribution in [1.82, 2.24) is 14.7 Å². The summed E-state index contributed by atoms with van der Waals surface area (Å²) < 4.78 is 0. The van der Waals surface area contributed by atoms with Crippen LogP contribution < -0.4 is 0 Å². The summed E-state index contributed by atoms with van der Waals surface area (Å²) in [5, 5.41) is 0. The number of likely N-dealkylation sites (N-methyl/N-ethyl adjacent to an activating group) is 1. The van der Waals surface area contributed by atoms with Crippen molar-refractivity contribution in [3.8, 4) is 0 Å². The van der Waals surface area contributed by atoms with Gasteiger partial charge in [-0.2, -0.15) is 0 Å². The number of carbonyl (C=O) groups excluding carboxylic acids is 2. The molecule has 4 rings (SSSR count). The van der Waals surface area contributed by atoms with Crippen molar-refractivity contribution < 1.29 is 9.59 Å². The van der Waals surface area contributed by atoms with E-state index in [1.807, 2.05) is 13.8 Å². The number of nitrogens with zero attached hydrogens (tertiary/aromatic N) is 3. The molecular weight excluding hydrogens is 314 g/mol. The van der Waals surface area contributed by atoms with Gasteiger partial charge in [-0.25, -0.2) is 4.79 Å². The molecule has 1 aromatic rings. The number of hydrogen-bond donors (Lipinski definition) is 0. The number of likely N-dealkylation sites (tertiary alicyclic amines) is 1. The summed E-state index contributed by atoms with van der Waals surface area (Å²) in [5.41, 5.74) is 2.30. The van der Waals surface area contributed by atoms with Gasteiger partial charge in [-0.05, 0) is 50.7 Å². The Hall–Kier alpha value is -1.88. The summed E-state index contributed by atoms with van der Waals surface area (Å²) in [7, 11) is 1.80. The van der Waals surface area contributed by atoms with E-state index in [1.165, 1.54) is 16.0 Å². The largest absolute Gasteiger partial charge is 0.327 e. The maximum Gasteiger partial charge on any atom is 0.327 e. The van der Waals surface area contributed by atoms with Crippen LogP contribution in [0, 0.1) is 0 Å². The van der Waals surface area contributed by atoms with Gasteiger partial charge in [0.1, 0.15) is 5.54 Å². The Bertz CT molecular complexity index is 682. The lowest BCUT2D eigenvalue weighted by molar-refractivity contribution is -0.136. The number of piperidine rings is 1. The molecule has 0 atom stereocenters. The number of fused-ring (bicyclic) bond motifs is 1. The van der Waals surface area contributed by atoms with Crippen LogP contribution in [0.3, 0.4) is 0 Å². The van der Waals surface area contributed by atoms with Crippen molar-refractivity contribution in [3.63, 3.8) is 0 Å². The minimum absolute atomic E-state index is 0.00404. The van der Waals surface area contributed by atoms with Crippen molar-refractivity contribution in [2.24, 2.45) is 0 Å². The van der Waals surface area contributed by atoms with Crippen LogP contribution in [0.15, 0.2) is 24.3 Å². The molecule has 25 heavy (non-hydrogen) atoms. The third-order valence-electron chi connectivity index (χ3n) is 6.44. The van der Waals surface area contributed by atoms with E-state index in [4.69, 9.17) is 0 Å². The first-order valence-electron chi connectivity index (χ1n) is 9.36. The highest BCUT2D eigenvalue weighted by Gasteiger charge is 2.57. The maximum absolute atomic E-state index is 13.0. The van der Waals surface area contributed by atoms with Crippen LogP contribution >= 0.6 is 0 Å². The fourth-order valence-corrected chi connectivity index (χ4v) is 4.86. The first kappa shape index (κ1) is 16.6. The quantitative estimate of drug-likeness (QED) is 0.775. The first-order valence-corrected chi connectivity index (χ1v) is 9.36.